The molecule has 11 nitrogen and oxygen atoms in total. The van der Waals surface area contributed by atoms with Gasteiger partial charge in [-0.2, -0.15) is 9.97 Å². The standard InChI is InChI=1S/C22H18FN7O4/c1-32-16-5-3-4-15(19(16)33-2)20-26-18(34-28-20)12-30-22(31)29-11-10-17(25-21(29)27-30)24-14-8-6-13(23)7-9-14/h3-11H,12H2,1-2H3,(H,24,25,27). The van der Waals surface area contributed by atoms with Gasteiger partial charge in [0.25, 0.3) is 5.78 Å². The van der Waals surface area contributed by atoms with E-state index in [1.165, 1.54) is 35.4 Å². The van der Waals surface area contributed by atoms with Gasteiger partial charge in [-0.3, -0.25) is 0 Å². The van der Waals surface area contributed by atoms with E-state index in [2.05, 4.69) is 25.5 Å². The zero-order valence-corrected chi connectivity index (χ0v) is 18.1. The highest BCUT2D eigenvalue weighted by Gasteiger charge is 2.18. The van der Waals surface area contributed by atoms with Crippen LogP contribution in [0.2, 0.25) is 0 Å². The molecular formula is C22H18FN7O4. The minimum atomic E-state index is -0.422. The summed E-state index contributed by atoms with van der Waals surface area (Å²) in [5, 5.41) is 11.3. The van der Waals surface area contributed by atoms with Crippen molar-refractivity contribution < 1.29 is 18.4 Å². The summed E-state index contributed by atoms with van der Waals surface area (Å²) in [7, 11) is 3.05. The van der Waals surface area contributed by atoms with E-state index in [1.54, 1.807) is 42.6 Å². The fourth-order valence-electron chi connectivity index (χ4n) is 3.38. The summed E-state index contributed by atoms with van der Waals surface area (Å²) in [4.78, 5) is 21.4. The third-order valence-corrected chi connectivity index (χ3v) is 4.97. The number of rotatable bonds is 7. The van der Waals surface area contributed by atoms with E-state index in [0.717, 1.165) is 0 Å². The van der Waals surface area contributed by atoms with E-state index in [1.807, 2.05) is 0 Å². The molecule has 34 heavy (non-hydrogen) atoms. The highest BCUT2D eigenvalue weighted by molar-refractivity contribution is 5.68. The second-order valence-electron chi connectivity index (χ2n) is 7.11. The van der Waals surface area contributed by atoms with Crippen molar-refractivity contribution in [3.8, 4) is 22.9 Å². The number of benzene rings is 2. The highest BCUT2D eigenvalue weighted by atomic mass is 19.1. The Morgan fingerprint density at radius 3 is 2.65 bits per heavy atom. The normalized spacial score (nSPS) is 11.0. The number of para-hydroxylation sites is 1. The van der Waals surface area contributed by atoms with Crippen LogP contribution < -0.4 is 20.5 Å². The van der Waals surface area contributed by atoms with Crippen molar-refractivity contribution in [3.05, 3.63) is 76.9 Å². The number of hydrogen-bond donors (Lipinski definition) is 1. The van der Waals surface area contributed by atoms with Crippen LogP contribution in [0.15, 0.2) is 64.0 Å². The van der Waals surface area contributed by atoms with Crippen molar-refractivity contribution in [1.82, 2.24) is 29.3 Å². The Hall–Kier alpha value is -4.74. The maximum atomic E-state index is 13.1. The predicted octanol–water partition coefficient (Wildman–Crippen LogP) is 2.89. The zero-order valence-electron chi connectivity index (χ0n) is 18.1. The van der Waals surface area contributed by atoms with Gasteiger partial charge >= 0.3 is 5.69 Å². The molecule has 0 spiro atoms. The summed E-state index contributed by atoms with van der Waals surface area (Å²) >= 11 is 0. The molecule has 0 aliphatic rings. The van der Waals surface area contributed by atoms with Crippen LogP contribution in [0.3, 0.4) is 0 Å². The lowest BCUT2D eigenvalue weighted by atomic mass is 10.1. The molecule has 3 heterocycles. The van der Waals surface area contributed by atoms with Crippen LogP contribution in [0.4, 0.5) is 15.9 Å². The van der Waals surface area contributed by atoms with Crippen molar-refractivity contribution in [2.75, 3.05) is 19.5 Å². The molecule has 12 heteroatoms. The van der Waals surface area contributed by atoms with E-state index in [4.69, 9.17) is 14.0 Å². The quantitative estimate of drug-likeness (QED) is 0.388. The molecule has 0 fully saturated rings. The first-order valence-corrected chi connectivity index (χ1v) is 10.1. The Kier molecular flexibility index (Phi) is 5.38. The number of nitrogens with zero attached hydrogens (tertiary/aromatic N) is 6. The zero-order chi connectivity index (χ0) is 23.7. The third kappa shape index (κ3) is 3.92. The molecule has 0 saturated carbocycles. The van der Waals surface area contributed by atoms with Crippen LogP contribution in [-0.4, -0.2) is 43.5 Å². The first kappa shape index (κ1) is 21.1. The molecule has 0 amide bonds. The maximum Gasteiger partial charge on any atom is 0.352 e. The van der Waals surface area contributed by atoms with E-state index >= 15 is 0 Å². The number of anilines is 2. The summed E-state index contributed by atoms with van der Waals surface area (Å²) in [5.74, 6) is 1.73. The first-order chi connectivity index (χ1) is 16.6. The summed E-state index contributed by atoms with van der Waals surface area (Å²) in [6.07, 6.45) is 1.54. The number of hydrogen-bond acceptors (Lipinski definition) is 9. The molecule has 172 valence electrons. The van der Waals surface area contributed by atoms with Gasteiger partial charge < -0.3 is 19.3 Å². The molecule has 0 aliphatic carbocycles. The molecule has 0 saturated heterocycles. The Morgan fingerprint density at radius 1 is 1.06 bits per heavy atom. The molecule has 0 unspecified atom stereocenters. The summed E-state index contributed by atoms with van der Waals surface area (Å²) in [5.41, 5.74) is 0.804. The van der Waals surface area contributed by atoms with Crippen molar-refractivity contribution >= 4 is 17.3 Å². The van der Waals surface area contributed by atoms with Gasteiger partial charge in [-0.25, -0.2) is 18.3 Å². The average Bonchev–Trinajstić information content (AvgIpc) is 3.44. The molecule has 1 N–H and O–H groups in total. The lowest BCUT2D eigenvalue weighted by Crippen LogP contribution is -2.21. The number of methoxy groups -OCH3 is 2. The van der Waals surface area contributed by atoms with Gasteiger partial charge in [0, 0.05) is 11.9 Å². The number of nitrogens with one attached hydrogen (secondary N) is 1. The van der Waals surface area contributed by atoms with Crippen LogP contribution in [0.25, 0.3) is 17.2 Å². The number of ether oxygens (including phenoxy) is 2. The van der Waals surface area contributed by atoms with Crippen LogP contribution in [0, 0.1) is 5.82 Å². The Balaban J connectivity index is 1.40. The second-order valence-corrected chi connectivity index (χ2v) is 7.11. The van der Waals surface area contributed by atoms with Crippen LogP contribution in [0.1, 0.15) is 5.89 Å². The summed E-state index contributed by atoms with van der Waals surface area (Å²) < 4.78 is 31.6. The second kappa shape index (κ2) is 8.65. The molecule has 0 radical (unpaired) electrons. The van der Waals surface area contributed by atoms with Gasteiger partial charge in [0.05, 0.1) is 19.8 Å². The minimum Gasteiger partial charge on any atom is -0.493 e. The van der Waals surface area contributed by atoms with Crippen molar-refractivity contribution in [3.63, 3.8) is 0 Å². The Bertz CT molecular complexity index is 1520. The first-order valence-electron chi connectivity index (χ1n) is 10.1. The van der Waals surface area contributed by atoms with Gasteiger partial charge in [0.2, 0.25) is 11.7 Å². The molecule has 0 bridgehead atoms. The SMILES string of the molecule is COc1cccc(-c2noc(Cn3nc4nc(Nc5ccc(F)cc5)ccn4c3=O)n2)c1OC. The molecule has 5 aromatic rings. The summed E-state index contributed by atoms with van der Waals surface area (Å²) in [6.45, 7) is -0.0534. The van der Waals surface area contributed by atoms with E-state index in [0.29, 0.717) is 28.6 Å². The van der Waals surface area contributed by atoms with Gasteiger partial charge in [-0.1, -0.05) is 11.2 Å². The van der Waals surface area contributed by atoms with E-state index in [-0.39, 0.29) is 29.9 Å². The molecule has 0 atom stereocenters. The lowest BCUT2D eigenvalue weighted by Gasteiger charge is -2.09. The molecule has 2 aromatic carbocycles. The van der Waals surface area contributed by atoms with Crippen LogP contribution in [0.5, 0.6) is 11.5 Å². The maximum absolute atomic E-state index is 13.1. The topological polar surface area (TPSA) is 122 Å². The fourth-order valence-corrected chi connectivity index (χ4v) is 3.38. The average molecular weight is 463 g/mol. The van der Waals surface area contributed by atoms with E-state index in [9.17, 15) is 9.18 Å². The lowest BCUT2D eigenvalue weighted by molar-refractivity contribution is 0.354. The van der Waals surface area contributed by atoms with Crippen molar-refractivity contribution in [2.45, 2.75) is 6.54 Å². The van der Waals surface area contributed by atoms with Crippen LogP contribution >= 0.6 is 0 Å². The van der Waals surface area contributed by atoms with E-state index < -0.39 is 5.69 Å². The number of fused-ring (bicyclic) bond motifs is 1. The molecular weight excluding hydrogens is 445 g/mol. The smallest absolute Gasteiger partial charge is 0.352 e. The predicted molar refractivity (Wildman–Crippen MR) is 119 cm³/mol. The molecule has 0 aliphatic heterocycles. The van der Waals surface area contributed by atoms with Crippen molar-refractivity contribution in [1.29, 1.82) is 0 Å². The molecule has 3 aromatic heterocycles. The minimum absolute atomic E-state index is 0.0534. The monoisotopic (exact) mass is 463 g/mol. The highest BCUT2D eigenvalue weighted by Crippen LogP contribution is 2.36. The van der Waals surface area contributed by atoms with Gasteiger partial charge in [-0.05, 0) is 42.5 Å². The Labute approximate surface area is 191 Å². The molecule has 5 rings (SSSR count). The fraction of sp³-hybridized carbons (Fsp3) is 0.136. The third-order valence-electron chi connectivity index (χ3n) is 4.97. The van der Waals surface area contributed by atoms with Gasteiger partial charge in [0.1, 0.15) is 18.2 Å². The number of aromatic nitrogens is 6. The number of halogens is 1. The van der Waals surface area contributed by atoms with Gasteiger partial charge in [-0.15, -0.1) is 5.10 Å². The largest absolute Gasteiger partial charge is 0.493 e. The Morgan fingerprint density at radius 2 is 1.88 bits per heavy atom. The van der Waals surface area contributed by atoms with Crippen molar-refractivity contribution in [2.24, 2.45) is 0 Å². The van der Waals surface area contributed by atoms with Gasteiger partial charge in [0.15, 0.2) is 11.5 Å². The van der Waals surface area contributed by atoms with Crippen LogP contribution in [-0.2, 0) is 6.54 Å². The summed E-state index contributed by atoms with van der Waals surface area (Å²) in [6, 6.07) is 12.7.